The van der Waals surface area contributed by atoms with Crippen LogP contribution in [0.4, 0.5) is 11.4 Å². The van der Waals surface area contributed by atoms with Gasteiger partial charge in [-0.3, -0.25) is 9.59 Å². The highest BCUT2D eigenvalue weighted by Gasteiger charge is 2.31. The van der Waals surface area contributed by atoms with E-state index >= 15 is 0 Å². The highest BCUT2D eigenvalue weighted by molar-refractivity contribution is 6.30. The molecule has 1 aliphatic heterocycles. The zero-order valence-corrected chi connectivity index (χ0v) is 18.6. The summed E-state index contributed by atoms with van der Waals surface area (Å²) >= 11 is 5.99. The zero-order chi connectivity index (χ0) is 21.7. The first-order valence-corrected chi connectivity index (χ1v) is 10.8. The van der Waals surface area contributed by atoms with Gasteiger partial charge in [0.25, 0.3) is 11.8 Å². The van der Waals surface area contributed by atoms with E-state index in [0.29, 0.717) is 17.3 Å². The molecule has 2 amide bonds. The summed E-state index contributed by atoms with van der Waals surface area (Å²) in [6, 6.07) is 13.0. The summed E-state index contributed by atoms with van der Waals surface area (Å²) in [5, 5.41) is 6.59. The molecule has 3 rings (SSSR count). The van der Waals surface area contributed by atoms with Gasteiger partial charge in [0.05, 0.1) is 0 Å². The van der Waals surface area contributed by atoms with Crippen LogP contribution in [0.5, 0.6) is 0 Å². The maximum atomic E-state index is 12.6. The van der Waals surface area contributed by atoms with Gasteiger partial charge < -0.3 is 20.4 Å². The summed E-state index contributed by atoms with van der Waals surface area (Å²) in [6.07, 6.45) is 0. The number of benzene rings is 2. The normalized spacial score (nSPS) is 19.7. The van der Waals surface area contributed by atoms with Crippen LogP contribution < -0.4 is 20.4 Å². The van der Waals surface area contributed by atoms with Crippen molar-refractivity contribution in [3.63, 3.8) is 0 Å². The van der Waals surface area contributed by atoms with E-state index in [1.165, 1.54) is 15.4 Å². The van der Waals surface area contributed by atoms with Gasteiger partial charge in [-0.25, -0.2) is 0 Å². The van der Waals surface area contributed by atoms with Crippen molar-refractivity contribution in [1.82, 2.24) is 0 Å². The molecule has 1 fully saturated rings. The first-order chi connectivity index (χ1) is 14.3. The summed E-state index contributed by atoms with van der Waals surface area (Å²) in [6.45, 7) is 9.91. The second-order valence-electron chi connectivity index (χ2n) is 8.10. The Labute approximate surface area is 183 Å². The van der Waals surface area contributed by atoms with Gasteiger partial charge >= 0.3 is 0 Å². The summed E-state index contributed by atoms with van der Waals surface area (Å²) in [7, 11) is 0. The fourth-order valence-electron chi connectivity index (χ4n) is 3.84. The van der Waals surface area contributed by atoms with Crippen molar-refractivity contribution in [2.45, 2.75) is 26.8 Å². The van der Waals surface area contributed by atoms with Crippen LogP contribution in [0.25, 0.3) is 0 Å². The quantitative estimate of drug-likeness (QED) is 0.545. The average Bonchev–Trinajstić information content (AvgIpc) is 2.71. The number of nitrogens with one attached hydrogen (secondary N) is 4. The number of aryl methyl sites for hydroxylation is 1. The van der Waals surface area contributed by atoms with Crippen molar-refractivity contribution in [3.05, 3.63) is 58.6 Å². The van der Waals surface area contributed by atoms with E-state index in [1.54, 1.807) is 12.1 Å². The Kier molecular flexibility index (Phi) is 7.48. The second kappa shape index (κ2) is 10.1. The van der Waals surface area contributed by atoms with E-state index in [1.807, 2.05) is 51.1 Å². The number of carbonyl (C=O) groups excluding carboxylic acids is 2. The van der Waals surface area contributed by atoms with Crippen LogP contribution in [-0.4, -0.2) is 50.6 Å². The van der Waals surface area contributed by atoms with Crippen LogP contribution in [0, 0.1) is 13.8 Å². The van der Waals surface area contributed by atoms with Crippen molar-refractivity contribution in [2.24, 2.45) is 0 Å². The fourth-order valence-corrected chi connectivity index (χ4v) is 4.03. The topological polar surface area (TPSA) is 67.1 Å². The van der Waals surface area contributed by atoms with Crippen molar-refractivity contribution in [2.75, 3.05) is 43.4 Å². The van der Waals surface area contributed by atoms with Gasteiger partial charge in [-0.2, -0.15) is 0 Å². The monoisotopic (exact) mass is 430 g/mol. The van der Waals surface area contributed by atoms with Crippen molar-refractivity contribution >= 4 is 34.8 Å². The van der Waals surface area contributed by atoms with Crippen LogP contribution in [0.3, 0.4) is 0 Å². The highest BCUT2D eigenvalue weighted by Crippen LogP contribution is 2.17. The van der Waals surface area contributed by atoms with Crippen LogP contribution in [0.1, 0.15) is 18.1 Å². The molecule has 0 spiro atoms. The summed E-state index contributed by atoms with van der Waals surface area (Å²) in [4.78, 5) is 27.6. The molecule has 0 radical (unpaired) electrons. The minimum atomic E-state index is -0.158. The number of hydrogen-bond donors (Lipinski definition) is 4. The Hall–Kier alpha value is -2.41. The molecular formula is C23H31ClN4O2+2. The lowest BCUT2D eigenvalue weighted by Gasteiger charge is -2.32. The van der Waals surface area contributed by atoms with Crippen molar-refractivity contribution < 1.29 is 19.4 Å². The van der Waals surface area contributed by atoms with Gasteiger partial charge in [-0.15, -0.1) is 0 Å². The van der Waals surface area contributed by atoms with Crippen LogP contribution in [-0.2, 0) is 9.59 Å². The maximum Gasteiger partial charge on any atom is 0.282 e. The first-order valence-electron chi connectivity index (χ1n) is 10.4. The minimum absolute atomic E-state index is 0.0108. The summed E-state index contributed by atoms with van der Waals surface area (Å²) in [5.74, 6) is 0.0253. The third-order valence-electron chi connectivity index (χ3n) is 5.99. The lowest BCUT2D eigenvalue weighted by atomic mass is 10.1. The molecule has 0 aromatic heterocycles. The van der Waals surface area contributed by atoms with Gasteiger partial charge in [0.15, 0.2) is 12.6 Å². The smallest absolute Gasteiger partial charge is 0.282 e. The molecule has 1 aliphatic rings. The molecule has 4 N–H and O–H groups in total. The molecule has 1 heterocycles. The summed E-state index contributed by atoms with van der Waals surface area (Å²) in [5.41, 5.74) is 3.87. The van der Waals surface area contributed by atoms with Gasteiger partial charge in [0.2, 0.25) is 0 Å². The molecule has 0 bridgehead atoms. The molecule has 1 saturated heterocycles. The Balaban J connectivity index is 1.46. The van der Waals surface area contributed by atoms with E-state index in [4.69, 9.17) is 11.6 Å². The standard InChI is InChI=1S/C23H29ClN4O2/c1-16-6-4-9-21(17(16)2)26-22(29)15-27-10-12-28(13-11-27)18(3)23(30)25-20-8-5-7-19(24)14-20/h4-9,14,18H,10-13,15H2,1-3H3,(H,25,30)(H,26,29)/p+2/t18-/m0/s1. The molecule has 30 heavy (non-hydrogen) atoms. The minimum Gasteiger partial charge on any atom is -0.321 e. The molecule has 0 aliphatic carbocycles. The molecule has 7 heteroatoms. The van der Waals surface area contributed by atoms with Gasteiger partial charge in [-0.05, 0) is 56.2 Å². The van der Waals surface area contributed by atoms with Crippen LogP contribution in [0.2, 0.25) is 5.02 Å². The van der Waals surface area contributed by atoms with Crippen molar-refractivity contribution in [3.8, 4) is 0 Å². The number of amides is 2. The number of carbonyl (C=O) groups is 2. The second-order valence-corrected chi connectivity index (χ2v) is 8.54. The Morgan fingerprint density at radius 1 is 1.03 bits per heavy atom. The summed E-state index contributed by atoms with van der Waals surface area (Å²) < 4.78 is 0. The molecule has 6 nitrogen and oxygen atoms in total. The molecule has 160 valence electrons. The number of rotatable bonds is 6. The average molecular weight is 431 g/mol. The number of halogens is 1. The van der Waals surface area contributed by atoms with E-state index in [0.717, 1.165) is 37.4 Å². The van der Waals surface area contributed by atoms with Gasteiger partial charge in [-0.1, -0.05) is 29.8 Å². The third kappa shape index (κ3) is 5.81. The molecular weight excluding hydrogens is 400 g/mol. The van der Waals surface area contributed by atoms with Gasteiger partial charge in [0, 0.05) is 16.4 Å². The van der Waals surface area contributed by atoms with Crippen LogP contribution >= 0.6 is 11.6 Å². The van der Waals surface area contributed by atoms with Crippen LogP contribution in [0.15, 0.2) is 42.5 Å². The molecule has 0 saturated carbocycles. The van der Waals surface area contributed by atoms with Gasteiger partial charge in [0.1, 0.15) is 26.2 Å². The fraction of sp³-hybridized carbons (Fsp3) is 0.391. The maximum absolute atomic E-state index is 12.6. The van der Waals surface area contributed by atoms with E-state index in [-0.39, 0.29) is 17.9 Å². The number of anilines is 2. The number of quaternary nitrogens is 2. The SMILES string of the molecule is Cc1cccc(NC(=O)C[NH+]2CC[NH+]([C@@H](C)C(=O)Nc3cccc(Cl)c3)CC2)c1C. The highest BCUT2D eigenvalue weighted by atomic mass is 35.5. The predicted octanol–water partition coefficient (Wildman–Crippen LogP) is 0.706. The molecule has 2 aromatic carbocycles. The lowest BCUT2D eigenvalue weighted by molar-refractivity contribution is -1.01. The van der Waals surface area contributed by atoms with E-state index < -0.39 is 0 Å². The number of piperazine rings is 1. The predicted molar refractivity (Wildman–Crippen MR) is 120 cm³/mol. The largest absolute Gasteiger partial charge is 0.321 e. The molecule has 0 unspecified atom stereocenters. The first kappa shape index (κ1) is 22.3. The Morgan fingerprint density at radius 2 is 1.73 bits per heavy atom. The Bertz CT molecular complexity index is 910. The Morgan fingerprint density at radius 3 is 2.43 bits per heavy atom. The van der Waals surface area contributed by atoms with Crippen molar-refractivity contribution in [1.29, 1.82) is 0 Å². The third-order valence-corrected chi connectivity index (χ3v) is 6.22. The molecule has 2 aromatic rings. The zero-order valence-electron chi connectivity index (χ0n) is 17.8. The molecule has 1 atom stereocenters. The van der Waals surface area contributed by atoms with E-state index in [2.05, 4.69) is 10.6 Å². The lowest BCUT2D eigenvalue weighted by Crippen LogP contribution is -3.30. The number of hydrogen-bond acceptors (Lipinski definition) is 2. The van der Waals surface area contributed by atoms with E-state index in [9.17, 15) is 9.59 Å².